The topological polar surface area (TPSA) is 25.2 Å². The van der Waals surface area contributed by atoms with Crippen LogP contribution in [0, 0.1) is 5.82 Å². The van der Waals surface area contributed by atoms with Gasteiger partial charge in [0, 0.05) is 28.5 Å². The third kappa shape index (κ3) is 4.18. The van der Waals surface area contributed by atoms with Crippen molar-refractivity contribution in [2.24, 2.45) is 0 Å². The molecule has 0 fully saturated rings. The van der Waals surface area contributed by atoms with E-state index in [9.17, 15) is 4.39 Å². The molecule has 0 radical (unpaired) electrons. The van der Waals surface area contributed by atoms with E-state index in [2.05, 4.69) is 28.2 Å². The zero-order valence-electron chi connectivity index (χ0n) is 11.7. The van der Waals surface area contributed by atoms with Crippen LogP contribution in [0.1, 0.15) is 37.6 Å². The molecule has 0 aliphatic carbocycles. The SMILES string of the molecule is CC(CCc1ccco1)NC(C)c1cc(Br)ccc1F. The Labute approximate surface area is 127 Å². The molecule has 4 heteroatoms. The van der Waals surface area contributed by atoms with Gasteiger partial charge in [0.15, 0.2) is 0 Å². The molecule has 20 heavy (non-hydrogen) atoms. The van der Waals surface area contributed by atoms with Crippen LogP contribution in [-0.4, -0.2) is 6.04 Å². The van der Waals surface area contributed by atoms with Gasteiger partial charge in [0.05, 0.1) is 6.26 Å². The molecule has 0 bridgehead atoms. The van der Waals surface area contributed by atoms with Crippen molar-refractivity contribution in [1.29, 1.82) is 0 Å². The Hall–Kier alpha value is -1.13. The van der Waals surface area contributed by atoms with Crippen LogP contribution in [0.3, 0.4) is 0 Å². The second-order valence-electron chi connectivity index (χ2n) is 5.07. The van der Waals surface area contributed by atoms with Crippen molar-refractivity contribution in [2.45, 2.75) is 38.8 Å². The molecule has 2 unspecified atom stereocenters. The Morgan fingerprint density at radius 1 is 1.30 bits per heavy atom. The summed E-state index contributed by atoms with van der Waals surface area (Å²) in [5.74, 6) is 0.811. The highest BCUT2D eigenvalue weighted by Crippen LogP contribution is 2.22. The fourth-order valence-corrected chi connectivity index (χ4v) is 2.64. The Bertz CT molecular complexity index is 541. The fourth-order valence-electron chi connectivity index (χ4n) is 2.26. The minimum absolute atomic E-state index is 0.0286. The van der Waals surface area contributed by atoms with Crippen LogP contribution in [0.5, 0.6) is 0 Å². The third-order valence-electron chi connectivity index (χ3n) is 3.36. The number of nitrogens with one attached hydrogen (secondary N) is 1. The van der Waals surface area contributed by atoms with Crippen LogP contribution in [-0.2, 0) is 6.42 Å². The van der Waals surface area contributed by atoms with Crippen LogP contribution in [0.2, 0.25) is 0 Å². The molecule has 2 rings (SSSR count). The van der Waals surface area contributed by atoms with Crippen molar-refractivity contribution in [2.75, 3.05) is 0 Å². The second kappa shape index (κ2) is 7.04. The highest BCUT2D eigenvalue weighted by atomic mass is 79.9. The van der Waals surface area contributed by atoms with Crippen LogP contribution in [0.15, 0.2) is 45.5 Å². The number of hydrogen-bond acceptors (Lipinski definition) is 2. The summed E-state index contributed by atoms with van der Waals surface area (Å²) < 4.78 is 20.0. The standard InChI is InChI=1S/C16H19BrFNO/c1-11(5-7-14-4-3-9-20-14)19-12(2)15-10-13(17)6-8-16(15)18/h3-4,6,8-12,19H,5,7H2,1-2H3. The number of furan rings is 1. The molecule has 0 amide bonds. The van der Waals surface area contributed by atoms with Crippen LogP contribution < -0.4 is 5.32 Å². The zero-order valence-corrected chi connectivity index (χ0v) is 13.3. The maximum atomic E-state index is 13.8. The van der Waals surface area contributed by atoms with Crippen molar-refractivity contribution < 1.29 is 8.81 Å². The summed E-state index contributed by atoms with van der Waals surface area (Å²) in [5, 5.41) is 3.42. The zero-order chi connectivity index (χ0) is 14.5. The molecule has 2 nitrogen and oxygen atoms in total. The number of aryl methyl sites for hydroxylation is 1. The van der Waals surface area contributed by atoms with E-state index < -0.39 is 0 Å². The highest BCUT2D eigenvalue weighted by Gasteiger charge is 2.14. The summed E-state index contributed by atoms with van der Waals surface area (Å²) in [6.07, 6.45) is 3.52. The molecule has 1 N–H and O–H groups in total. The third-order valence-corrected chi connectivity index (χ3v) is 3.86. The molecule has 1 heterocycles. The van der Waals surface area contributed by atoms with Crippen molar-refractivity contribution >= 4 is 15.9 Å². The minimum atomic E-state index is -0.175. The van der Waals surface area contributed by atoms with E-state index in [0.717, 1.165) is 23.1 Å². The molecule has 0 spiro atoms. The first-order valence-corrected chi connectivity index (χ1v) is 7.59. The van der Waals surface area contributed by atoms with E-state index in [4.69, 9.17) is 4.42 Å². The van der Waals surface area contributed by atoms with Gasteiger partial charge in [0.25, 0.3) is 0 Å². The van der Waals surface area contributed by atoms with E-state index in [1.165, 1.54) is 6.07 Å². The summed E-state index contributed by atoms with van der Waals surface area (Å²) in [5.41, 5.74) is 0.684. The summed E-state index contributed by atoms with van der Waals surface area (Å²) in [6.45, 7) is 4.09. The molecule has 0 saturated heterocycles. The summed E-state index contributed by atoms with van der Waals surface area (Å²) in [6, 6.07) is 9.16. The van der Waals surface area contributed by atoms with Gasteiger partial charge in [0.1, 0.15) is 11.6 Å². The van der Waals surface area contributed by atoms with Gasteiger partial charge < -0.3 is 9.73 Å². The normalized spacial score (nSPS) is 14.2. The van der Waals surface area contributed by atoms with Gasteiger partial charge in [-0.1, -0.05) is 15.9 Å². The van der Waals surface area contributed by atoms with Crippen LogP contribution >= 0.6 is 15.9 Å². The van der Waals surface area contributed by atoms with E-state index in [1.54, 1.807) is 12.3 Å². The van der Waals surface area contributed by atoms with Crippen LogP contribution in [0.25, 0.3) is 0 Å². The minimum Gasteiger partial charge on any atom is -0.469 e. The largest absolute Gasteiger partial charge is 0.469 e. The molecule has 1 aromatic carbocycles. The molecule has 1 aromatic heterocycles. The lowest BCUT2D eigenvalue weighted by Gasteiger charge is -2.20. The number of halogens is 2. The molecule has 2 aromatic rings. The monoisotopic (exact) mass is 339 g/mol. The predicted octanol–water partition coefficient (Wildman–Crippen LogP) is 4.85. The van der Waals surface area contributed by atoms with Crippen LogP contribution in [0.4, 0.5) is 4.39 Å². The lowest BCUT2D eigenvalue weighted by Crippen LogP contribution is -2.29. The number of hydrogen-bond donors (Lipinski definition) is 1. The van der Waals surface area contributed by atoms with Crippen molar-refractivity contribution in [3.8, 4) is 0 Å². The lowest BCUT2D eigenvalue weighted by atomic mass is 10.1. The Balaban J connectivity index is 1.89. The van der Waals surface area contributed by atoms with Gasteiger partial charge in [0.2, 0.25) is 0 Å². The van der Waals surface area contributed by atoms with Crippen molar-refractivity contribution in [3.05, 3.63) is 58.2 Å². The van der Waals surface area contributed by atoms with Crippen molar-refractivity contribution in [3.63, 3.8) is 0 Å². The molecule has 108 valence electrons. The maximum absolute atomic E-state index is 13.8. The number of benzene rings is 1. The molecule has 0 aliphatic heterocycles. The molecular weight excluding hydrogens is 321 g/mol. The quantitative estimate of drug-likeness (QED) is 0.813. The van der Waals surface area contributed by atoms with Gasteiger partial charge in [-0.15, -0.1) is 0 Å². The Morgan fingerprint density at radius 3 is 2.80 bits per heavy atom. The average molecular weight is 340 g/mol. The van der Waals surface area contributed by atoms with Gasteiger partial charge in [-0.2, -0.15) is 0 Å². The van der Waals surface area contributed by atoms with Gasteiger partial charge in [-0.3, -0.25) is 0 Å². The first-order valence-electron chi connectivity index (χ1n) is 6.79. The maximum Gasteiger partial charge on any atom is 0.128 e. The lowest BCUT2D eigenvalue weighted by molar-refractivity contribution is 0.423. The molecule has 2 atom stereocenters. The van der Waals surface area contributed by atoms with E-state index >= 15 is 0 Å². The molecular formula is C16H19BrFNO. The van der Waals surface area contributed by atoms with Crippen molar-refractivity contribution in [1.82, 2.24) is 5.32 Å². The smallest absolute Gasteiger partial charge is 0.128 e. The summed E-state index contributed by atoms with van der Waals surface area (Å²) in [7, 11) is 0. The van der Waals surface area contributed by atoms with E-state index in [-0.39, 0.29) is 17.9 Å². The van der Waals surface area contributed by atoms with E-state index in [1.807, 2.05) is 25.1 Å². The molecule has 0 aliphatic rings. The highest BCUT2D eigenvalue weighted by molar-refractivity contribution is 9.10. The predicted molar refractivity (Wildman–Crippen MR) is 82.1 cm³/mol. The fraction of sp³-hybridized carbons (Fsp3) is 0.375. The second-order valence-corrected chi connectivity index (χ2v) is 5.99. The van der Waals surface area contributed by atoms with Gasteiger partial charge in [-0.05, 0) is 50.6 Å². The Morgan fingerprint density at radius 2 is 2.10 bits per heavy atom. The van der Waals surface area contributed by atoms with Gasteiger partial charge >= 0.3 is 0 Å². The first-order chi connectivity index (χ1) is 9.56. The average Bonchev–Trinajstić information content (AvgIpc) is 2.92. The van der Waals surface area contributed by atoms with Gasteiger partial charge in [-0.25, -0.2) is 4.39 Å². The number of rotatable bonds is 6. The summed E-state index contributed by atoms with van der Waals surface area (Å²) in [4.78, 5) is 0. The van der Waals surface area contributed by atoms with E-state index in [0.29, 0.717) is 5.56 Å². The first kappa shape index (κ1) is 15.3. The molecule has 0 saturated carbocycles. The Kier molecular flexibility index (Phi) is 5.38. The summed E-state index contributed by atoms with van der Waals surface area (Å²) >= 11 is 3.38.